The van der Waals surface area contributed by atoms with Crippen LogP contribution in [-0.2, 0) is 11.2 Å². The highest BCUT2D eigenvalue weighted by Crippen LogP contribution is 2.10. The van der Waals surface area contributed by atoms with Gasteiger partial charge in [-0.1, -0.05) is 18.2 Å². The van der Waals surface area contributed by atoms with Crippen LogP contribution in [0.1, 0.15) is 15.9 Å². The van der Waals surface area contributed by atoms with Gasteiger partial charge in [-0.2, -0.15) is 0 Å². The van der Waals surface area contributed by atoms with Crippen molar-refractivity contribution in [2.45, 2.75) is 12.5 Å². The third-order valence-electron chi connectivity index (χ3n) is 2.04. The SMILES string of the molecule is NC(=O)c1ccccc1CC(N)C(=O)O. The van der Waals surface area contributed by atoms with Crippen molar-refractivity contribution >= 4 is 11.9 Å². The Balaban J connectivity index is 2.94. The third kappa shape index (κ3) is 2.78. The summed E-state index contributed by atoms with van der Waals surface area (Å²) in [6.07, 6.45) is 0.0917. The number of hydrogen-bond donors (Lipinski definition) is 3. The highest BCUT2D eigenvalue weighted by Gasteiger charge is 2.15. The molecular weight excluding hydrogens is 196 g/mol. The summed E-state index contributed by atoms with van der Waals surface area (Å²) < 4.78 is 0. The van der Waals surface area contributed by atoms with E-state index in [1.54, 1.807) is 24.3 Å². The first-order valence-corrected chi connectivity index (χ1v) is 4.38. The zero-order chi connectivity index (χ0) is 11.4. The van der Waals surface area contributed by atoms with Crippen LogP contribution in [0.2, 0.25) is 0 Å². The molecular formula is C10H12N2O3. The van der Waals surface area contributed by atoms with Crippen LogP contribution >= 0.6 is 0 Å². The lowest BCUT2D eigenvalue weighted by Crippen LogP contribution is -2.33. The molecule has 0 aliphatic rings. The van der Waals surface area contributed by atoms with Gasteiger partial charge in [-0.3, -0.25) is 9.59 Å². The highest BCUT2D eigenvalue weighted by atomic mass is 16.4. The standard InChI is InChI=1S/C10H12N2O3/c11-8(10(14)15)5-6-3-1-2-4-7(6)9(12)13/h1-4,8H,5,11H2,(H2,12,13)(H,14,15). The first kappa shape index (κ1) is 11.2. The Morgan fingerprint density at radius 1 is 1.33 bits per heavy atom. The van der Waals surface area contributed by atoms with Crippen molar-refractivity contribution in [2.75, 3.05) is 0 Å². The monoisotopic (exact) mass is 208 g/mol. The molecule has 15 heavy (non-hydrogen) atoms. The van der Waals surface area contributed by atoms with Crippen LogP contribution in [0.4, 0.5) is 0 Å². The van der Waals surface area contributed by atoms with Gasteiger partial charge in [0.2, 0.25) is 5.91 Å². The number of benzene rings is 1. The predicted molar refractivity (Wildman–Crippen MR) is 54.3 cm³/mol. The number of rotatable bonds is 4. The molecule has 0 heterocycles. The van der Waals surface area contributed by atoms with E-state index in [0.717, 1.165) is 0 Å². The van der Waals surface area contributed by atoms with E-state index in [-0.39, 0.29) is 6.42 Å². The maximum Gasteiger partial charge on any atom is 0.320 e. The molecule has 1 amide bonds. The molecule has 1 aromatic rings. The fraction of sp³-hybridized carbons (Fsp3) is 0.200. The van der Waals surface area contributed by atoms with Gasteiger partial charge in [-0.15, -0.1) is 0 Å². The van der Waals surface area contributed by atoms with Gasteiger partial charge in [0.15, 0.2) is 0 Å². The number of carbonyl (C=O) groups excluding carboxylic acids is 1. The van der Waals surface area contributed by atoms with Gasteiger partial charge < -0.3 is 16.6 Å². The van der Waals surface area contributed by atoms with Gasteiger partial charge in [0.25, 0.3) is 0 Å². The normalized spacial score (nSPS) is 12.1. The van der Waals surface area contributed by atoms with Gasteiger partial charge in [0.1, 0.15) is 6.04 Å². The fourth-order valence-electron chi connectivity index (χ4n) is 1.26. The molecule has 80 valence electrons. The molecule has 5 N–H and O–H groups in total. The smallest absolute Gasteiger partial charge is 0.320 e. The summed E-state index contributed by atoms with van der Waals surface area (Å²) in [5.74, 6) is -1.68. The minimum atomic E-state index is -1.10. The van der Waals surface area contributed by atoms with E-state index in [4.69, 9.17) is 16.6 Å². The van der Waals surface area contributed by atoms with Crippen LogP contribution in [0.3, 0.4) is 0 Å². The number of amides is 1. The number of carboxylic acids is 1. The van der Waals surface area contributed by atoms with Crippen LogP contribution in [0.5, 0.6) is 0 Å². The van der Waals surface area contributed by atoms with Gasteiger partial charge in [0.05, 0.1) is 0 Å². The molecule has 1 unspecified atom stereocenters. The van der Waals surface area contributed by atoms with Crippen LogP contribution in [0.15, 0.2) is 24.3 Å². The number of aliphatic carboxylic acids is 1. The minimum absolute atomic E-state index is 0.0917. The van der Waals surface area contributed by atoms with Crippen molar-refractivity contribution in [2.24, 2.45) is 11.5 Å². The van der Waals surface area contributed by atoms with E-state index in [2.05, 4.69) is 0 Å². The summed E-state index contributed by atoms with van der Waals surface area (Å²) in [7, 11) is 0. The van der Waals surface area contributed by atoms with E-state index >= 15 is 0 Å². The number of carboxylic acid groups (broad SMARTS) is 1. The molecule has 0 spiro atoms. The maximum atomic E-state index is 11.0. The summed E-state index contributed by atoms with van der Waals surface area (Å²) in [5, 5.41) is 8.63. The van der Waals surface area contributed by atoms with Crippen molar-refractivity contribution in [1.82, 2.24) is 0 Å². The highest BCUT2D eigenvalue weighted by molar-refractivity contribution is 5.94. The molecule has 0 aromatic heterocycles. The molecule has 0 bridgehead atoms. The second-order valence-electron chi connectivity index (χ2n) is 3.17. The van der Waals surface area contributed by atoms with E-state index in [0.29, 0.717) is 11.1 Å². The van der Waals surface area contributed by atoms with Gasteiger partial charge in [-0.05, 0) is 18.1 Å². The van der Waals surface area contributed by atoms with Crippen LogP contribution in [0, 0.1) is 0 Å². The Hall–Kier alpha value is -1.88. The third-order valence-corrected chi connectivity index (χ3v) is 2.04. The number of carbonyl (C=O) groups is 2. The topological polar surface area (TPSA) is 106 Å². The first-order chi connectivity index (χ1) is 7.02. The Labute approximate surface area is 86.7 Å². The van der Waals surface area contributed by atoms with Crippen LogP contribution in [0.25, 0.3) is 0 Å². The molecule has 5 heteroatoms. The Kier molecular flexibility index (Phi) is 3.41. The molecule has 0 aliphatic carbocycles. The number of nitrogens with two attached hydrogens (primary N) is 2. The summed E-state index contributed by atoms with van der Waals surface area (Å²) in [4.78, 5) is 21.6. The molecule has 0 saturated carbocycles. The van der Waals surface area contributed by atoms with E-state index in [1.807, 2.05) is 0 Å². The summed E-state index contributed by atoms with van der Waals surface area (Å²) in [6, 6.07) is 5.53. The lowest BCUT2D eigenvalue weighted by atomic mass is 10.0. The Bertz CT molecular complexity index is 390. The average molecular weight is 208 g/mol. The van der Waals surface area contributed by atoms with Crippen molar-refractivity contribution in [3.05, 3.63) is 35.4 Å². The van der Waals surface area contributed by atoms with E-state index < -0.39 is 17.9 Å². The van der Waals surface area contributed by atoms with Crippen molar-refractivity contribution in [3.8, 4) is 0 Å². The zero-order valence-electron chi connectivity index (χ0n) is 8.01. The fourth-order valence-corrected chi connectivity index (χ4v) is 1.26. The second kappa shape index (κ2) is 4.56. The molecule has 5 nitrogen and oxygen atoms in total. The maximum absolute atomic E-state index is 11.0. The van der Waals surface area contributed by atoms with Gasteiger partial charge in [0, 0.05) is 5.56 Å². The summed E-state index contributed by atoms with van der Waals surface area (Å²) in [6.45, 7) is 0. The second-order valence-corrected chi connectivity index (χ2v) is 3.17. The van der Waals surface area contributed by atoms with Gasteiger partial charge >= 0.3 is 5.97 Å². The molecule has 1 aromatic carbocycles. The minimum Gasteiger partial charge on any atom is -0.480 e. The molecule has 1 atom stereocenters. The predicted octanol–water partition coefficient (Wildman–Crippen LogP) is -0.260. The lowest BCUT2D eigenvalue weighted by Gasteiger charge is -2.09. The first-order valence-electron chi connectivity index (χ1n) is 4.38. The largest absolute Gasteiger partial charge is 0.480 e. The molecule has 0 saturated heterocycles. The summed E-state index contributed by atoms with van der Waals surface area (Å²) >= 11 is 0. The van der Waals surface area contributed by atoms with Crippen molar-refractivity contribution in [1.29, 1.82) is 0 Å². The molecule has 0 fully saturated rings. The lowest BCUT2D eigenvalue weighted by molar-refractivity contribution is -0.138. The molecule has 0 aliphatic heterocycles. The number of primary amides is 1. The number of hydrogen-bond acceptors (Lipinski definition) is 3. The Morgan fingerprint density at radius 3 is 2.47 bits per heavy atom. The van der Waals surface area contributed by atoms with Crippen LogP contribution < -0.4 is 11.5 Å². The molecule has 0 radical (unpaired) electrons. The van der Waals surface area contributed by atoms with E-state index in [1.165, 1.54) is 0 Å². The summed E-state index contributed by atoms with van der Waals surface area (Å²) in [5.41, 5.74) is 11.4. The quantitative estimate of drug-likeness (QED) is 0.633. The van der Waals surface area contributed by atoms with Crippen molar-refractivity contribution < 1.29 is 14.7 Å². The zero-order valence-corrected chi connectivity index (χ0v) is 8.01. The van der Waals surface area contributed by atoms with Crippen LogP contribution in [-0.4, -0.2) is 23.0 Å². The average Bonchev–Trinajstić information content (AvgIpc) is 2.18. The van der Waals surface area contributed by atoms with Crippen molar-refractivity contribution in [3.63, 3.8) is 0 Å². The van der Waals surface area contributed by atoms with Gasteiger partial charge in [-0.25, -0.2) is 0 Å². The Morgan fingerprint density at radius 2 is 1.93 bits per heavy atom. The van der Waals surface area contributed by atoms with E-state index in [9.17, 15) is 9.59 Å². The molecule has 1 rings (SSSR count).